The van der Waals surface area contributed by atoms with E-state index in [-0.39, 0.29) is 11.7 Å². The van der Waals surface area contributed by atoms with E-state index in [1.54, 1.807) is 0 Å². The number of ether oxygens (including phenoxy) is 2. The van der Waals surface area contributed by atoms with Crippen LogP contribution in [0.15, 0.2) is 30.3 Å². The van der Waals surface area contributed by atoms with E-state index >= 15 is 0 Å². The fourth-order valence-electron chi connectivity index (χ4n) is 2.07. The molecule has 0 saturated carbocycles. The molecule has 0 bridgehead atoms. The lowest BCUT2D eigenvalue weighted by Gasteiger charge is -2.32. The van der Waals surface area contributed by atoms with Crippen molar-refractivity contribution < 1.29 is 9.47 Å². The molecule has 1 aromatic carbocycles. The zero-order chi connectivity index (χ0) is 13.4. The van der Waals surface area contributed by atoms with Crippen molar-refractivity contribution in [2.45, 2.75) is 38.9 Å². The van der Waals surface area contributed by atoms with E-state index in [1.165, 1.54) is 5.56 Å². The maximum absolute atomic E-state index is 5.97. The quantitative estimate of drug-likeness (QED) is 0.722. The standard InChI is InChI=1S/C15H25NO2/c1-4-17-14(18-5-2)11-15(3,12-16)13-9-7-6-8-10-13/h6-10,14H,4-5,11-12,16H2,1-3H3/t15-/m0/s1. The van der Waals surface area contributed by atoms with Gasteiger partial charge in [0.2, 0.25) is 0 Å². The van der Waals surface area contributed by atoms with Crippen LogP contribution in [0.1, 0.15) is 32.8 Å². The first-order valence-electron chi connectivity index (χ1n) is 6.65. The predicted molar refractivity (Wildman–Crippen MR) is 74.5 cm³/mol. The predicted octanol–water partition coefficient (Wildman–Crippen LogP) is 2.69. The molecule has 1 rings (SSSR count). The minimum Gasteiger partial charge on any atom is -0.353 e. The first-order valence-corrected chi connectivity index (χ1v) is 6.65. The maximum Gasteiger partial charge on any atom is 0.158 e. The summed E-state index contributed by atoms with van der Waals surface area (Å²) in [6.07, 6.45) is 0.587. The highest BCUT2D eigenvalue weighted by atomic mass is 16.7. The molecule has 0 unspecified atom stereocenters. The summed E-state index contributed by atoms with van der Waals surface area (Å²) in [4.78, 5) is 0. The molecular formula is C15H25NO2. The normalized spacial score (nSPS) is 14.7. The highest BCUT2D eigenvalue weighted by Gasteiger charge is 2.29. The zero-order valence-corrected chi connectivity index (χ0v) is 11.7. The number of nitrogens with two attached hydrogens (primary N) is 1. The topological polar surface area (TPSA) is 44.5 Å². The first kappa shape index (κ1) is 15.2. The Balaban J connectivity index is 2.80. The van der Waals surface area contributed by atoms with Crippen LogP contribution in [0.5, 0.6) is 0 Å². The van der Waals surface area contributed by atoms with Gasteiger partial charge in [0, 0.05) is 31.6 Å². The summed E-state index contributed by atoms with van der Waals surface area (Å²) >= 11 is 0. The maximum atomic E-state index is 5.97. The molecule has 1 aromatic rings. The van der Waals surface area contributed by atoms with Crippen LogP contribution in [0.2, 0.25) is 0 Å². The van der Waals surface area contributed by atoms with Crippen molar-refractivity contribution in [2.24, 2.45) is 5.73 Å². The summed E-state index contributed by atoms with van der Waals surface area (Å²) in [6, 6.07) is 10.3. The molecule has 18 heavy (non-hydrogen) atoms. The van der Waals surface area contributed by atoms with Gasteiger partial charge >= 0.3 is 0 Å². The average molecular weight is 251 g/mol. The molecule has 3 nitrogen and oxygen atoms in total. The molecule has 0 saturated heterocycles. The van der Waals surface area contributed by atoms with Crippen LogP contribution in [0, 0.1) is 0 Å². The van der Waals surface area contributed by atoms with Gasteiger partial charge in [0.25, 0.3) is 0 Å². The molecule has 0 aliphatic carbocycles. The third kappa shape index (κ3) is 4.09. The van der Waals surface area contributed by atoms with Crippen LogP contribution in [-0.2, 0) is 14.9 Å². The van der Waals surface area contributed by atoms with E-state index in [2.05, 4.69) is 19.1 Å². The molecule has 0 fully saturated rings. The van der Waals surface area contributed by atoms with Crippen molar-refractivity contribution in [1.29, 1.82) is 0 Å². The largest absolute Gasteiger partial charge is 0.353 e. The van der Waals surface area contributed by atoms with Crippen LogP contribution in [0.25, 0.3) is 0 Å². The molecule has 0 spiro atoms. The number of hydrogen-bond acceptors (Lipinski definition) is 3. The molecule has 3 heteroatoms. The highest BCUT2D eigenvalue weighted by Crippen LogP contribution is 2.29. The molecule has 0 heterocycles. The summed E-state index contributed by atoms with van der Waals surface area (Å²) in [6.45, 7) is 8.00. The Morgan fingerprint density at radius 2 is 1.67 bits per heavy atom. The molecule has 0 aliphatic heterocycles. The molecule has 1 atom stereocenters. The van der Waals surface area contributed by atoms with Crippen molar-refractivity contribution in [3.63, 3.8) is 0 Å². The lowest BCUT2D eigenvalue weighted by Crippen LogP contribution is -2.37. The van der Waals surface area contributed by atoms with Crippen molar-refractivity contribution in [3.05, 3.63) is 35.9 Å². The highest BCUT2D eigenvalue weighted by molar-refractivity contribution is 5.25. The Kier molecular flexibility index (Phi) is 6.33. The third-order valence-electron chi connectivity index (χ3n) is 3.24. The van der Waals surface area contributed by atoms with Gasteiger partial charge in [0.15, 0.2) is 6.29 Å². The van der Waals surface area contributed by atoms with Crippen molar-refractivity contribution in [2.75, 3.05) is 19.8 Å². The van der Waals surface area contributed by atoms with E-state index in [9.17, 15) is 0 Å². The fourth-order valence-corrected chi connectivity index (χ4v) is 2.07. The number of benzene rings is 1. The Morgan fingerprint density at radius 1 is 1.11 bits per heavy atom. The van der Waals surface area contributed by atoms with E-state index < -0.39 is 0 Å². The van der Waals surface area contributed by atoms with Gasteiger partial charge in [-0.1, -0.05) is 37.3 Å². The molecule has 0 aliphatic rings. The Labute approximate surface area is 110 Å². The summed E-state index contributed by atoms with van der Waals surface area (Å²) in [7, 11) is 0. The second-order valence-electron chi connectivity index (χ2n) is 4.68. The summed E-state index contributed by atoms with van der Waals surface area (Å²) < 4.78 is 11.2. The van der Waals surface area contributed by atoms with Gasteiger partial charge in [-0.05, 0) is 19.4 Å². The van der Waals surface area contributed by atoms with Gasteiger partial charge in [-0.25, -0.2) is 0 Å². The van der Waals surface area contributed by atoms with Gasteiger partial charge in [0.1, 0.15) is 0 Å². The smallest absolute Gasteiger partial charge is 0.158 e. The van der Waals surface area contributed by atoms with Crippen LogP contribution < -0.4 is 5.73 Å². The average Bonchev–Trinajstić information content (AvgIpc) is 2.40. The van der Waals surface area contributed by atoms with Gasteiger partial charge in [-0.2, -0.15) is 0 Å². The van der Waals surface area contributed by atoms with Gasteiger partial charge in [-0.3, -0.25) is 0 Å². The summed E-state index contributed by atoms with van der Waals surface area (Å²) in [5.41, 5.74) is 7.09. The van der Waals surface area contributed by atoms with Crippen molar-refractivity contribution >= 4 is 0 Å². The van der Waals surface area contributed by atoms with Gasteiger partial charge in [-0.15, -0.1) is 0 Å². The number of hydrogen-bond donors (Lipinski definition) is 1. The van der Waals surface area contributed by atoms with Gasteiger partial charge in [0.05, 0.1) is 0 Å². The van der Waals surface area contributed by atoms with Gasteiger partial charge < -0.3 is 15.2 Å². The molecule has 0 radical (unpaired) electrons. The molecule has 0 aromatic heterocycles. The van der Waals surface area contributed by atoms with E-state index in [4.69, 9.17) is 15.2 Å². The molecule has 2 N–H and O–H groups in total. The van der Waals surface area contributed by atoms with E-state index in [1.807, 2.05) is 32.0 Å². The van der Waals surface area contributed by atoms with E-state index in [0.29, 0.717) is 19.8 Å². The van der Waals surface area contributed by atoms with Crippen LogP contribution in [0.4, 0.5) is 0 Å². The lowest BCUT2D eigenvalue weighted by molar-refractivity contribution is -0.147. The van der Waals surface area contributed by atoms with Crippen LogP contribution in [-0.4, -0.2) is 26.0 Å². The monoisotopic (exact) mass is 251 g/mol. The van der Waals surface area contributed by atoms with E-state index in [0.717, 1.165) is 6.42 Å². The van der Waals surface area contributed by atoms with Crippen LogP contribution >= 0.6 is 0 Å². The van der Waals surface area contributed by atoms with Crippen molar-refractivity contribution in [1.82, 2.24) is 0 Å². The zero-order valence-electron chi connectivity index (χ0n) is 11.7. The SMILES string of the molecule is CCOC(C[C@@](C)(CN)c1ccccc1)OCC. The number of rotatable bonds is 8. The summed E-state index contributed by atoms with van der Waals surface area (Å²) in [5.74, 6) is 0. The molecular weight excluding hydrogens is 226 g/mol. The molecule has 102 valence electrons. The second-order valence-corrected chi connectivity index (χ2v) is 4.68. The Morgan fingerprint density at radius 3 is 2.11 bits per heavy atom. The second kappa shape index (κ2) is 7.52. The summed E-state index contributed by atoms with van der Waals surface area (Å²) in [5, 5.41) is 0. The third-order valence-corrected chi connectivity index (χ3v) is 3.24. The fraction of sp³-hybridized carbons (Fsp3) is 0.600. The first-order chi connectivity index (χ1) is 8.66. The van der Waals surface area contributed by atoms with Crippen molar-refractivity contribution in [3.8, 4) is 0 Å². The van der Waals surface area contributed by atoms with Crippen LogP contribution in [0.3, 0.4) is 0 Å². The Hall–Kier alpha value is -0.900. The minimum atomic E-state index is -0.186. The minimum absolute atomic E-state index is 0.115. The molecule has 0 amide bonds. The lowest BCUT2D eigenvalue weighted by atomic mass is 9.79. The Bertz CT molecular complexity index is 323.